The number of rotatable bonds is 5. The van der Waals surface area contributed by atoms with Crippen LogP contribution >= 0.6 is 23.2 Å². The van der Waals surface area contributed by atoms with Gasteiger partial charge in [0, 0.05) is 57.2 Å². The summed E-state index contributed by atoms with van der Waals surface area (Å²) in [7, 11) is 0. The number of amides is 1. The summed E-state index contributed by atoms with van der Waals surface area (Å²) in [6.07, 6.45) is 3.24. The van der Waals surface area contributed by atoms with Gasteiger partial charge in [0.2, 0.25) is 5.91 Å². The van der Waals surface area contributed by atoms with Crippen LogP contribution in [-0.4, -0.2) is 60.0 Å². The van der Waals surface area contributed by atoms with Gasteiger partial charge in [-0.25, -0.2) is 0 Å². The van der Waals surface area contributed by atoms with Gasteiger partial charge in [0.15, 0.2) is 0 Å². The fourth-order valence-corrected chi connectivity index (χ4v) is 2.86. The van der Waals surface area contributed by atoms with Crippen LogP contribution in [-0.2, 0) is 11.3 Å². The number of nitrogens with zero attached hydrogens (tertiary/aromatic N) is 3. The maximum absolute atomic E-state index is 11.6. The molecule has 1 fully saturated rings. The molecule has 0 atom stereocenters. The van der Waals surface area contributed by atoms with Crippen molar-refractivity contribution < 1.29 is 4.79 Å². The minimum Gasteiger partial charge on any atom is -0.355 e. The number of hydrogen-bond acceptors (Lipinski definition) is 4. The van der Waals surface area contributed by atoms with Crippen LogP contribution in [0.2, 0.25) is 10.0 Å². The number of pyridine rings is 1. The molecule has 0 unspecified atom stereocenters. The van der Waals surface area contributed by atoms with Gasteiger partial charge in [-0.05, 0) is 6.92 Å². The Kier molecular flexibility index (Phi) is 6.23. The number of aromatic nitrogens is 1. The zero-order chi connectivity index (χ0) is 15.2. The first kappa shape index (κ1) is 16.5. The summed E-state index contributed by atoms with van der Waals surface area (Å²) in [5.74, 6) is 0.0890. The van der Waals surface area contributed by atoms with Crippen molar-refractivity contribution in [2.24, 2.45) is 0 Å². The highest BCUT2D eigenvalue weighted by Crippen LogP contribution is 2.24. The first-order valence-electron chi connectivity index (χ1n) is 7.09. The van der Waals surface area contributed by atoms with E-state index in [0.717, 1.165) is 38.3 Å². The number of hydrogen-bond donors (Lipinski definition) is 1. The number of halogens is 2. The molecule has 0 bridgehead atoms. The lowest BCUT2D eigenvalue weighted by Gasteiger charge is -2.34. The molecule has 0 radical (unpaired) electrons. The summed E-state index contributed by atoms with van der Waals surface area (Å²) < 4.78 is 0. The monoisotopic (exact) mass is 330 g/mol. The van der Waals surface area contributed by atoms with Crippen LogP contribution in [0.3, 0.4) is 0 Å². The highest BCUT2D eigenvalue weighted by atomic mass is 35.5. The molecule has 5 nitrogen and oxygen atoms in total. The van der Waals surface area contributed by atoms with Gasteiger partial charge in [0.25, 0.3) is 0 Å². The van der Waals surface area contributed by atoms with Gasteiger partial charge >= 0.3 is 0 Å². The van der Waals surface area contributed by atoms with E-state index in [4.69, 9.17) is 23.2 Å². The van der Waals surface area contributed by atoms with Crippen molar-refractivity contribution in [1.29, 1.82) is 0 Å². The van der Waals surface area contributed by atoms with Gasteiger partial charge < -0.3 is 5.32 Å². The zero-order valence-corrected chi connectivity index (χ0v) is 13.6. The lowest BCUT2D eigenvalue weighted by atomic mass is 10.2. The van der Waals surface area contributed by atoms with Crippen LogP contribution in [0.1, 0.15) is 12.5 Å². The van der Waals surface area contributed by atoms with E-state index in [0.29, 0.717) is 23.1 Å². The van der Waals surface area contributed by atoms with Crippen molar-refractivity contribution >= 4 is 29.1 Å². The molecule has 116 valence electrons. The summed E-state index contributed by atoms with van der Waals surface area (Å²) in [4.78, 5) is 20.0. The molecule has 0 aliphatic carbocycles. The van der Waals surface area contributed by atoms with Crippen molar-refractivity contribution in [3.8, 4) is 0 Å². The number of nitrogens with one attached hydrogen (secondary N) is 1. The average Bonchev–Trinajstić information content (AvgIpc) is 2.45. The normalized spacial score (nSPS) is 16.9. The summed E-state index contributed by atoms with van der Waals surface area (Å²) >= 11 is 12.3. The molecule has 1 aromatic rings. The Morgan fingerprint density at radius 2 is 1.76 bits per heavy atom. The van der Waals surface area contributed by atoms with Gasteiger partial charge in [-0.3, -0.25) is 19.6 Å². The van der Waals surface area contributed by atoms with Crippen LogP contribution in [0.15, 0.2) is 12.4 Å². The molecular formula is C14H20Cl2N4O. The van der Waals surface area contributed by atoms with E-state index in [1.807, 2.05) is 6.92 Å². The number of likely N-dealkylation sites (N-methyl/N-ethyl adjacent to an activating group) is 1. The molecule has 2 heterocycles. The zero-order valence-electron chi connectivity index (χ0n) is 12.1. The molecule has 0 spiro atoms. The van der Waals surface area contributed by atoms with Crippen LogP contribution < -0.4 is 5.32 Å². The highest BCUT2D eigenvalue weighted by Gasteiger charge is 2.20. The maximum atomic E-state index is 11.6. The van der Waals surface area contributed by atoms with Gasteiger partial charge in [-0.15, -0.1) is 0 Å². The summed E-state index contributed by atoms with van der Waals surface area (Å²) in [6, 6.07) is 0. The highest BCUT2D eigenvalue weighted by molar-refractivity contribution is 6.35. The van der Waals surface area contributed by atoms with Crippen LogP contribution in [0.5, 0.6) is 0 Å². The van der Waals surface area contributed by atoms with Crippen molar-refractivity contribution in [3.63, 3.8) is 0 Å². The minimum absolute atomic E-state index is 0.0890. The predicted octanol–water partition coefficient (Wildman–Crippen LogP) is 1.64. The molecule has 21 heavy (non-hydrogen) atoms. The van der Waals surface area contributed by atoms with E-state index < -0.39 is 0 Å². The van der Waals surface area contributed by atoms with Crippen LogP contribution in [0, 0.1) is 0 Å². The third kappa shape index (κ3) is 4.81. The van der Waals surface area contributed by atoms with E-state index in [1.165, 1.54) is 0 Å². The Hall–Kier alpha value is -0.880. The van der Waals surface area contributed by atoms with E-state index in [2.05, 4.69) is 20.1 Å². The quantitative estimate of drug-likeness (QED) is 0.891. The Balaban J connectivity index is 1.83. The van der Waals surface area contributed by atoms with E-state index in [-0.39, 0.29) is 5.91 Å². The van der Waals surface area contributed by atoms with Gasteiger partial charge in [-0.1, -0.05) is 23.2 Å². The minimum atomic E-state index is 0.0890. The molecule has 0 saturated carbocycles. The number of carbonyl (C=O) groups is 1. The summed E-state index contributed by atoms with van der Waals surface area (Å²) in [5.41, 5.74) is 0.922. The Morgan fingerprint density at radius 1 is 1.19 bits per heavy atom. The van der Waals surface area contributed by atoms with Crippen molar-refractivity contribution in [1.82, 2.24) is 20.1 Å². The second kappa shape index (κ2) is 7.94. The molecule has 1 aliphatic rings. The second-order valence-corrected chi connectivity index (χ2v) is 5.90. The van der Waals surface area contributed by atoms with Crippen molar-refractivity contribution in [2.75, 3.05) is 39.3 Å². The van der Waals surface area contributed by atoms with E-state index in [1.54, 1.807) is 12.4 Å². The molecule has 1 amide bonds. The molecular weight excluding hydrogens is 311 g/mol. The standard InChI is InChI=1S/C14H20Cl2N4O/c1-2-18-14(21)10-20-5-3-19(4-6-20)9-11-12(15)7-17-8-13(11)16/h7-8H,2-6,9-10H2,1H3,(H,18,21). The fraction of sp³-hybridized carbons (Fsp3) is 0.571. The van der Waals surface area contributed by atoms with E-state index >= 15 is 0 Å². The Bertz CT molecular complexity index is 470. The van der Waals surface area contributed by atoms with Gasteiger partial charge in [-0.2, -0.15) is 0 Å². The van der Waals surface area contributed by atoms with Gasteiger partial charge in [0.1, 0.15) is 0 Å². The largest absolute Gasteiger partial charge is 0.355 e. The third-order valence-corrected chi connectivity index (χ3v) is 4.19. The first-order chi connectivity index (χ1) is 10.1. The van der Waals surface area contributed by atoms with Gasteiger partial charge in [0.05, 0.1) is 16.6 Å². The third-order valence-electron chi connectivity index (χ3n) is 3.54. The molecule has 1 aromatic heterocycles. The average molecular weight is 331 g/mol. The smallest absolute Gasteiger partial charge is 0.234 e. The fourth-order valence-electron chi connectivity index (χ4n) is 2.37. The SMILES string of the molecule is CCNC(=O)CN1CCN(Cc2c(Cl)cncc2Cl)CC1. The molecule has 7 heteroatoms. The molecule has 1 aliphatic heterocycles. The molecule has 2 rings (SSSR count). The van der Waals surface area contributed by atoms with Crippen LogP contribution in [0.4, 0.5) is 0 Å². The number of carbonyl (C=O) groups excluding carboxylic acids is 1. The molecule has 1 N–H and O–H groups in total. The maximum Gasteiger partial charge on any atom is 0.234 e. The summed E-state index contributed by atoms with van der Waals surface area (Å²) in [6.45, 7) is 7.33. The molecule has 1 saturated heterocycles. The lowest BCUT2D eigenvalue weighted by molar-refractivity contribution is -0.122. The Labute approximate surface area is 135 Å². The second-order valence-electron chi connectivity index (χ2n) is 5.09. The first-order valence-corrected chi connectivity index (χ1v) is 7.85. The topological polar surface area (TPSA) is 48.5 Å². The van der Waals surface area contributed by atoms with Crippen molar-refractivity contribution in [3.05, 3.63) is 28.0 Å². The van der Waals surface area contributed by atoms with E-state index in [9.17, 15) is 4.79 Å². The number of piperazine rings is 1. The predicted molar refractivity (Wildman–Crippen MR) is 84.7 cm³/mol. The lowest BCUT2D eigenvalue weighted by Crippen LogP contribution is -2.49. The van der Waals surface area contributed by atoms with Crippen LogP contribution in [0.25, 0.3) is 0 Å². The molecule has 0 aromatic carbocycles. The summed E-state index contributed by atoms with van der Waals surface area (Å²) in [5, 5.41) is 4.03. The van der Waals surface area contributed by atoms with Crippen molar-refractivity contribution in [2.45, 2.75) is 13.5 Å². The Morgan fingerprint density at radius 3 is 2.33 bits per heavy atom.